The Kier molecular flexibility index (Phi) is 5.50. The van der Waals surface area contributed by atoms with Crippen LogP contribution in [0, 0.1) is 0 Å². The molecule has 4 rings (SSSR count). The molecule has 1 amide bonds. The minimum Gasteiger partial charge on any atom is -0.489 e. The summed E-state index contributed by atoms with van der Waals surface area (Å²) in [6.45, 7) is 1.93. The van der Waals surface area contributed by atoms with Gasteiger partial charge < -0.3 is 25.4 Å². The zero-order valence-electron chi connectivity index (χ0n) is 15.4. The normalized spacial score (nSPS) is 20.5. The number of nitrogens with zero attached hydrogens (tertiary/aromatic N) is 3. The van der Waals surface area contributed by atoms with E-state index in [1.165, 1.54) is 16.2 Å². The van der Waals surface area contributed by atoms with Gasteiger partial charge in [0.15, 0.2) is 5.13 Å². The highest BCUT2D eigenvalue weighted by Crippen LogP contribution is 2.39. The third-order valence-electron chi connectivity index (χ3n) is 5.39. The molecule has 1 aromatic carbocycles. The second kappa shape index (κ2) is 8.05. The average Bonchev–Trinajstić information content (AvgIpc) is 3.32. The first-order valence-corrected chi connectivity index (χ1v) is 10.7. The van der Waals surface area contributed by atoms with E-state index in [1.54, 1.807) is 0 Å². The summed E-state index contributed by atoms with van der Waals surface area (Å²) in [5, 5.41) is 12.2. The molecule has 2 saturated heterocycles. The molecule has 0 aliphatic carbocycles. The van der Waals surface area contributed by atoms with E-state index in [4.69, 9.17) is 27.2 Å². The number of hydrogen-bond donors (Lipinski definition) is 2. The van der Waals surface area contributed by atoms with Crippen LogP contribution in [0.5, 0.6) is 5.75 Å². The number of nitrogens with two attached hydrogens (primary N) is 1. The number of aromatic nitrogens is 1. The summed E-state index contributed by atoms with van der Waals surface area (Å²) in [7, 11) is 0. The van der Waals surface area contributed by atoms with Crippen LogP contribution in [-0.2, 0) is 0 Å². The first-order chi connectivity index (χ1) is 13.5. The van der Waals surface area contributed by atoms with E-state index in [2.05, 4.69) is 9.88 Å². The van der Waals surface area contributed by atoms with Crippen molar-refractivity contribution in [1.82, 2.24) is 9.88 Å². The molecule has 0 spiro atoms. The highest BCUT2D eigenvalue weighted by Gasteiger charge is 2.29. The van der Waals surface area contributed by atoms with Crippen molar-refractivity contribution in [1.29, 1.82) is 0 Å². The molecule has 0 bridgehead atoms. The Morgan fingerprint density at radius 3 is 2.71 bits per heavy atom. The predicted molar refractivity (Wildman–Crippen MR) is 111 cm³/mol. The first-order valence-electron chi connectivity index (χ1n) is 9.43. The molecule has 2 aliphatic rings. The molecule has 2 aromatic rings. The second-order valence-electron chi connectivity index (χ2n) is 7.16. The minimum atomic E-state index is -0.872. The number of anilines is 2. The van der Waals surface area contributed by atoms with Gasteiger partial charge in [-0.05, 0) is 31.0 Å². The topological polar surface area (TPSA) is 91.9 Å². The molecule has 3 N–H and O–H groups in total. The number of carbonyl (C=O) groups is 1. The zero-order valence-corrected chi connectivity index (χ0v) is 17.0. The molecule has 2 fully saturated rings. The van der Waals surface area contributed by atoms with Crippen molar-refractivity contribution in [2.75, 3.05) is 30.3 Å². The van der Waals surface area contributed by atoms with Crippen molar-refractivity contribution in [2.45, 2.75) is 37.8 Å². The van der Waals surface area contributed by atoms with Crippen molar-refractivity contribution < 1.29 is 14.6 Å². The maximum absolute atomic E-state index is 11.0. The van der Waals surface area contributed by atoms with E-state index in [-0.39, 0.29) is 12.1 Å². The van der Waals surface area contributed by atoms with Gasteiger partial charge in [-0.15, -0.1) is 11.3 Å². The Morgan fingerprint density at radius 2 is 2.07 bits per heavy atom. The lowest BCUT2D eigenvalue weighted by molar-refractivity contribution is 0.0895. The molecule has 7 nitrogen and oxygen atoms in total. The fourth-order valence-corrected chi connectivity index (χ4v) is 4.77. The van der Waals surface area contributed by atoms with Crippen molar-refractivity contribution >= 4 is 39.8 Å². The number of rotatable bonds is 4. The fourth-order valence-electron chi connectivity index (χ4n) is 3.95. The third kappa shape index (κ3) is 3.98. The van der Waals surface area contributed by atoms with Crippen molar-refractivity contribution in [2.24, 2.45) is 0 Å². The van der Waals surface area contributed by atoms with Crippen molar-refractivity contribution in [3.8, 4) is 5.75 Å². The van der Waals surface area contributed by atoms with Crippen LogP contribution in [0.3, 0.4) is 0 Å². The molecule has 9 heteroatoms. The minimum absolute atomic E-state index is 0.0172. The quantitative estimate of drug-likeness (QED) is 0.765. The molecule has 1 aromatic heterocycles. The van der Waals surface area contributed by atoms with Gasteiger partial charge in [0.25, 0.3) is 0 Å². The summed E-state index contributed by atoms with van der Waals surface area (Å²) in [5.41, 5.74) is 7.87. The molecule has 1 atom stereocenters. The number of ether oxygens (including phenoxy) is 1. The smallest absolute Gasteiger partial charge is 0.407 e. The van der Waals surface area contributed by atoms with E-state index < -0.39 is 6.09 Å². The maximum Gasteiger partial charge on any atom is 0.407 e. The Hall–Kier alpha value is -2.19. The fraction of sp³-hybridized carbons (Fsp3) is 0.474. The molecule has 1 unspecified atom stereocenters. The van der Waals surface area contributed by atoms with Gasteiger partial charge in [0.2, 0.25) is 0 Å². The Labute approximate surface area is 172 Å². The number of hydrogen-bond acceptors (Lipinski definition) is 6. The van der Waals surface area contributed by atoms with Crippen molar-refractivity contribution in [3.63, 3.8) is 0 Å². The molecule has 150 valence electrons. The molecular formula is C19H23ClN4O3S. The Morgan fingerprint density at radius 1 is 1.29 bits per heavy atom. The average molecular weight is 423 g/mol. The van der Waals surface area contributed by atoms with Gasteiger partial charge in [-0.2, -0.15) is 0 Å². The maximum atomic E-state index is 11.0. The van der Waals surface area contributed by atoms with Crippen LogP contribution in [0.2, 0.25) is 5.02 Å². The number of piperidine rings is 1. The van der Waals surface area contributed by atoms with Crippen LogP contribution in [0.4, 0.5) is 15.6 Å². The van der Waals surface area contributed by atoms with Gasteiger partial charge in [0, 0.05) is 43.5 Å². The number of nitrogen functional groups attached to an aromatic ring is 1. The highest BCUT2D eigenvalue weighted by atomic mass is 35.5. The van der Waals surface area contributed by atoms with Gasteiger partial charge in [-0.1, -0.05) is 11.6 Å². The molecular weight excluding hydrogens is 400 g/mol. The summed E-state index contributed by atoms with van der Waals surface area (Å²) in [5.74, 6) is 0.646. The number of halogens is 1. The van der Waals surface area contributed by atoms with Gasteiger partial charge >= 0.3 is 6.09 Å². The van der Waals surface area contributed by atoms with Gasteiger partial charge in [-0.3, -0.25) is 0 Å². The van der Waals surface area contributed by atoms with Gasteiger partial charge in [-0.25, -0.2) is 9.78 Å². The monoisotopic (exact) mass is 422 g/mol. The van der Waals surface area contributed by atoms with E-state index in [9.17, 15) is 4.79 Å². The number of thiazole rings is 1. The lowest BCUT2D eigenvalue weighted by Gasteiger charge is -2.31. The zero-order chi connectivity index (χ0) is 19.7. The number of likely N-dealkylation sites (tertiary alicyclic amines) is 1. The second-order valence-corrected chi connectivity index (χ2v) is 8.46. The van der Waals surface area contributed by atoms with E-state index >= 15 is 0 Å². The standard InChI is InChI=1S/C19H23ClN4O3S/c20-14-10-12(24-7-1-2-16(24)15-11-28-18(21)22-15)3-4-17(14)27-13-5-8-23(9-6-13)19(25)26/h3-4,10-11,13,16H,1-2,5-9H2,(H2,21,22)(H,25,26). The van der Waals surface area contributed by atoms with Gasteiger partial charge in [0.05, 0.1) is 16.8 Å². The van der Waals surface area contributed by atoms with E-state index in [1.807, 2.05) is 23.6 Å². The summed E-state index contributed by atoms with van der Waals surface area (Å²) >= 11 is 7.98. The van der Waals surface area contributed by atoms with E-state index in [0.717, 1.165) is 30.8 Å². The summed E-state index contributed by atoms with van der Waals surface area (Å²) in [6, 6.07) is 6.10. The van der Waals surface area contributed by atoms with E-state index in [0.29, 0.717) is 41.8 Å². The summed E-state index contributed by atoms with van der Waals surface area (Å²) in [6.07, 6.45) is 2.59. The Bertz CT molecular complexity index is 853. The highest BCUT2D eigenvalue weighted by molar-refractivity contribution is 7.13. The third-order valence-corrected chi connectivity index (χ3v) is 6.37. The molecule has 2 aliphatic heterocycles. The molecule has 0 saturated carbocycles. The lowest BCUT2D eigenvalue weighted by Crippen LogP contribution is -2.41. The SMILES string of the molecule is Nc1nc(C2CCCN2c2ccc(OC3CCN(C(=O)O)CC3)c(Cl)c2)cs1. The van der Waals surface area contributed by atoms with Gasteiger partial charge in [0.1, 0.15) is 11.9 Å². The Balaban J connectivity index is 1.44. The van der Waals surface area contributed by atoms with Crippen molar-refractivity contribution in [3.05, 3.63) is 34.3 Å². The number of benzene rings is 1. The molecule has 0 radical (unpaired) electrons. The van der Waals surface area contributed by atoms with Crippen LogP contribution in [0.25, 0.3) is 0 Å². The van der Waals surface area contributed by atoms with Crippen LogP contribution in [0.1, 0.15) is 37.4 Å². The number of carboxylic acid groups (broad SMARTS) is 1. The molecule has 3 heterocycles. The predicted octanol–water partition coefficient (Wildman–Crippen LogP) is 4.24. The van der Waals surface area contributed by atoms with Crippen LogP contribution in [0.15, 0.2) is 23.6 Å². The van der Waals surface area contributed by atoms with Crippen LogP contribution >= 0.6 is 22.9 Å². The number of amides is 1. The lowest BCUT2D eigenvalue weighted by atomic mass is 10.1. The van der Waals surface area contributed by atoms with Crippen LogP contribution in [-0.4, -0.2) is 46.8 Å². The largest absolute Gasteiger partial charge is 0.489 e. The summed E-state index contributed by atoms with van der Waals surface area (Å²) in [4.78, 5) is 19.2. The first kappa shape index (κ1) is 19.1. The summed E-state index contributed by atoms with van der Waals surface area (Å²) < 4.78 is 6.05. The van der Waals surface area contributed by atoms with Crippen LogP contribution < -0.4 is 15.4 Å². The molecule has 28 heavy (non-hydrogen) atoms.